The van der Waals surface area contributed by atoms with Gasteiger partial charge in [-0.25, -0.2) is 0 Å². The lowest BCUT2D eigenvalue weighted by Gasteiger charge is -2.23. The Balaban J connectivity index is 2.00. The highest BCUT2D eigenvalue weighted by Crippen LogP contribution is 2.38. The number of carboxylic acid groups (broad SMARTS) is 1. The number of hydrogen-bond donors (Lipinski definition) is 1. The Morgan fingerprint density at radius 2 is 2.04 bits per heavy atom. The van der Waals surface area contributed by atoms with E-state index in [0.29, 0.717) is 24.6 Å². The summed E-state index contributed by atoms with van der Waals surface area (Å²) in [6.45, 7) is 0.886. The molecule has 6 nitrogen and oxygen atoms in total. The van der Waals surface area contributed by atoms with Crippen molar-refractivity contribution in [2.45, 2.75) is 12.6 Å². The van der Waals surface area contributed by atoms with Crippen LogP contribution in [0, 0.1) is 0 Å². The van der Waals surface area contributed by atoms with Gasteiger partial charge in [-0.05, 0) is 23.8 Å². The van der Waals surface area contributed by atoms with Crippen LogP contribution in [0.15, 0.2) is 42.5 Å². The third-order valence-corrected chi connectivity index (χ3v) is 4.18. The summed E-state index contributed by atoms with van der Waals surface area (Å²) in [6.07, 6.45) is -0.327. The van der Waals surface area contributed by atoms with Gasteiger partial charge in [0.25, 0.3) is 0 Å². The summed E-state index contributed by atoms with van der Waals surface area (Å²) in [4.78, 5) is 13.1. The maximum Gasteiger partial charge on any atom is 0.317 e. The summed E-state index contributed by atoms with van der Waals surface area (Å²) in [5.41, 5.74) is 1.83. The molecule has 1 N–H and O–H groups in total. The molecule has 25 heavy (non-hydrogen) atoms. The summed E-state index contributed by atoms with van der Waals surface area (Å²) in [5, 5.41) is 9.22. The number of rotatable bonds is 5. The number of nitrogens with zero attached hydrogens (tertiary/aromatic N) is 1. The van der Waals surface area contributed by atoms with Gasteiger partial charge in [0.05, 0.1) is 20.8 Å². The Morgan fingerprint density at radius 3 is 2.76 bits per heavy atom. The van der Waals surface area contributed by atoms with Crippen molar-refractivity contribution in [1.29, 1.82) is 0 Å². The maximum absolute atomic E-state index is 11.2. The molecule has 1 aliphatic heterocycles. The molecule has 0 amide bonds. The number of ether oxygens (including phenoxy) is 3. The van der Waals surface area contributed by atoms with Crippen molar-refractivity contribution in [2.75, 3.05) is 27.3 Å². The molecule has 0 aliphatic carbocycles. The first-order valence-electron chi connectivity index (χ1n) is 8.01. The number of fused-ring (bicyclic) bond motifs is 1. The van der Waals surface area contributed by atoms with E-state index in [1.165, 1.54) is 0 Å². The van der Waals surface area contributed by atoms with Crippen molar-refractivity contribution in [3.63, 3.8) is 0 Å². The van der Waals surface area contributed by atoms with Crippen LogP contribution in [0.2, 0.25) is 0 Å². The number of carbonyl (C=O) groups is 1. The van der Waals surface area contributed by atoms with Gasteiger partial charge in [-0.15, -0.1) is 0 Å². The zero-order chi connectivity index (χ0) is 17.8. The van der Waals surface area contributed by atoms with Crippen molar-refractivity contribution >= 4 is 5.97 Å². The van der Waals surface area contributed by atoms with Crippen LogP contribution < -0.4 is 14.2 Å². The van der Waals surface area contributed by atoms with Crippen LogP contribution in [0.5, 0.6) is 17.2 Å². The number of benzene rings is 2. The highest BCUT2D eigenvalue weighted by Gasteiger charge is 2.27. The molecule has 0 saturated carbocycles. The topological polar surface area (TPSA) is 68.2 Å². The molecular formula is C19H21NO5. The smallest absolute Gasteiger partial charge is 0.317 e. The van der Waals surface area contributed by atoms with Gasteiger partial charge in [0.2, 0.25) is 0 Å². The van der Waals surface area contributed by atoms with Crippen LogP contribution in [-0.4, -0.2) is 43.3 Å². The van der Waals surface area contributed by atoms with E-state index in [-0.39, 0.29) is 12.6 Å². The lowest BCUT2D eigenvalue weighted by molar-refractivity contribution is -0.138. The molecule has 1 aliphatic rings. The zero-order valence-corrected chi connectivity index (χ0v) is 14.3. The summed E-state index contributed by atoms with van der Waals surface area (Å²) >= 11 is 0. The van der Waals surface area contributed by atoms with E-state index < -0.39 is 5.97 Å². The highest BCUT2D eigenvalue weighted by molar-refractivity contribution is 5.69. The maximum atomic E-state index is 11.2. The molecule has 1 atom stereocenters. The fourth-order valence-corrected chi connectivity index (χ4v) is 3.03. The predicted octanol–water partition coefficient (Wildman–Crippen LogP) is 2.72. The Labute approximate surface area is 146 Å². The van der Waals surface area contributed by atoms with Crippen LogP contribution >= 0.6 is 0 Å². The summed E-state index contributed by atoms with van der Waals surface area (Å²) in [7, 11) is 3.21. The highest BCUT2D eigenvalue weighted by atomic mass is 16.5. The van der Waals surface area contributed by atoms with Crippen molar-refractivity contribution < 1.29 is 24.1 Å². The third kappa shape index (κ3) is 3.85. The number of hydrogen-bond acceptors (Lipinski definition) is 5. The lowest BCUT2D eigenvalue weighted by Crippen LogP contribution is -2.32. The molecule has 1 heterocycles. The molecule has 0 bridgehead atoms. The molecule has 3 rings (SSSR count). The molecule has 0 aromatic heterocycles. The minimum absolute atomic E-state index is 0.0551. The number of methoxy groups -OCH3 is 2. The zero-order valence-electron chi connectivity index (χ0n) is 14.3. The Bertz CT molecular complexity index is 761. The second kappa shape index (κ2) is 7.44. The fourth-order valence-electron chi connectivity index (χ4n) is 3.03. The Kier molecular flexibility index (Phi) is 5.09. The molecule has 0 fully saturated rings. The van der Waals surface area contributed by atoms with Gasteiger partial charge in [-0.2, -0.15) is 0 Å². The average Bonchev–Trinajstić information content (AvgIpc) is 2.80. The molecule has 0 saturated heterocycles. The third-order valence-electron chi connectivity index (χ3n) is 4.18. The molecule has 0 radical (unpaired) electrons. The van der Waals surface area contributed by atoms with Gasteiger partial charge in [0.1, 0.15) is 11.9 Å². The van der Waals surface area contributed by atoms with Crippen molar-refractivity contribution in [3.8, 4) is 17.2 Å². The second-order valence-electron chi connectivity index (χ2n) is 5.89. The molecule has 2 aromatic carbocycles. The second-order valence-corrected chi connectivity index (χ2v) is 5.89. The summed E-state index contributed by atoms with van der Waals surface area (Å²) in [5.74, 6) is 1.17. The first kappa shape index (κ1) is 17.1. The molecule has 0 unspecified atom stereocenters. The number of aliphatic carboxylic acids is 1. The van der Waals surface area contributed by atoms with Crippen LogP contribution in [-0.2, 0) is 11.3 Å². The van der Waals surface area contributed by atoms with E-state index in [0.717, 1.165) is 16.9 Å². The van der Waals surface area contributed by atoms with Gasteiger partial charge in [-0.1, -0.05) is 24.3 Å². The molecular weight excluding hydrogens is 322 g/mol. The summed E-state index contributed by atoms with van der Waals surface area (Å²) in [6, 6.07) is 13.3. The minimum atomic E-state index is -0.865. The molecule has 0 spiro atoms. The van der Waals surface area contributed by atoms with Gasteiger partial charge < -0.3 is 19.3 Å². The number of carboxylic acids is 1. The monoisotopic (exact) mass is 343 g/mol. The van der Waals surface area contributed by atoms with Gasteiger partial charge in [0.15, 0.2) is 11.5 Å². The predicted molar refractivity (Wildman–Crippen MR) is 92.3 cm³/mol. The van der Waals surface area contributed by atoms with E-state index in [4.69, 9.17) is 14.2 Å². The van der Waals surface area contributed by atoms with Crippen molar-refractivity contribution in [3.05, 3.63) is 53.6 Å². The molecule has 2 aromatic rings. The normalized spacial score (nSPS) is 17.1. The van der Waals surface area contributed by atoms with E-state index in [2.05, 4.69) is 0 Å². The SMILES string of the molecule is COc1cccc([C@H]2CN(CC(=O)O)Cc3cccc(OC)c3O2)c1. The first-order chi connectivity index (χ1) is 12.1. The van der Waals surface area contributed by atoms with Crippen LogP contribution in [0.4, 0.5) is 0 Å². The van der Waals surface area contributed by atoms with Crippen LogP contribution in [0.25, 0.3) is 0 Å². The largest absolute Gasteiger partial charge is 0.497 e. The molecule has 6 heteroatoms. The van der Waals surface area contributed by atoms with Gasteiger partial charge >= 0.3 is 5.97 Å². The van der Waals surface area contributed by atoms with Crippen molar-refractivity contribution in [2.24, 2.45) is 0 Å². The van der Waals surface area contributed by atoms with E-state index in [9.17, 15) is 9.90 Å². The van der Waals surface area contributed by atoms with Crippen molar-refractivity contribution in [1.82, 2.24) is 4.90 Å². The first-order valence-corrected chi connectivity index (χ1v) is 8.01. The fraction of sp³-hybridized carbons (Fsp3) is 0.316. The van der Waals surface area contributed by atoms with E-state index in [1.54, 1.807) is 14.2 Å². The minimum Gasteiger partial charge on any atom is -0.497 e. The Morgan fingerprint density at radius 1 is 1.24 bits per heavy atom. The Hall–Kier alpha value is -2.73. The lowest BCUT2D eigenvalue weighted by atomic mass is 10.1. The van der Waals surface area contributed by atoms with Crippen LogP contribution in [0.3, 0.4) is 0 Å². The average molecular weight is 343 g/mol. The van der Waals surface area contributed by atoms with E-state index >= 15 is 0 Å². The number of para-hydroxylation sites is 1. The van der Waals surface area contributed by atoms with Gasteiger partial charge in [-0.3, -0.25) is 9.69 Å². The quantitative estimate of drug-likeness (QED) is 0.900. The van der Waals surface area contributed by atoms with Crippen LogP contribution in [0.1, 0.15) is 17.2 Å². The summed E-state index contributed by atoms with van der Waals surface area (Å²) < 4.78 is 17.0. The standard InChI is InChI=1S/C19H21NO5/c1-23-15-7-3-5-13(9-15)17-11-20(12-18(21)22)10-14-6-4-8-16(24-2)19(14)25-17/h3-9,17H,10-12H2,1-2H3,(H,21,22)/t17-/m1/s1. The molecule has 132 valence electrons. The van der Waals surface area contributed by atoms with E-state index in [1.807, 2.05) is 47.4 Å². The van der Waals surface area contributed by atoms with Gasteiger partial charge in [0, 0.05) is 18.7 Å².